The summed E-state index contributed by atoms with van der Waals surface area (Å²) in [4.78, 5) is 19.0. The molecule has 0 atom stereocenters. The van der Waals surface area contributed by atoms with Crippen molar-refractivity contribution in [3.63, 3.8) is 0 Å². The minimum Gasteiger partial charge on any atom is -0.497 e. The fraction of sp³-hybridized carbons (Fsp3) is 0.214. The Balaban J connectivity index is 1.47. The first-order valence-electron chi connectivity index (χ1n) is 11.2. The van der Waals surface area contributed by atoms with Crippen molar-refractivity contribution in [3.05, 3.63) is 95.8 Å². The van der Waals surface area contributed by atoms with E-state index in [1.165, 1.54) is 0 Å². The third kappa shape index (κ3) is 5.46. The van der Waals surface area contributed by atoms with Gasteiger partial charge < -0.3 is 19.1 Å². The van der Waals surface area contributed by atoms with Crippen LogP contribution in [0.15, 0.2) is 79.1 Å². The number of amides is 1. The van der Waals surface area contributed by atoms with Crippen molar-refractivity contribution < 1.29 is 19.0 Å². The molecule has 0 fully saturated rings. The van der Waals surface area contributed by atoms with Gasteiger partial charge in [0.1, 0.15) is 12.4 Å². The molecule has 6 heteroatoms. The Labute approximate surface area is 199 Å². The highest BCUT2D eigenvalue weighted by molar-refractivity contribution is 5.95. The Bertz CT molecular complexity index is 1270. The topological polar surface area (TPSA) is 60.9 Å². The summed E-state index contributed by atoms with van der Waals surface area (Å²) in [7, 11) is 3.46. The molecule has 0 saturated heterocycles. The lowest BCUT2D eigenvalue weighted by molar-refractivity contribution is 0.0784. The number of rotatable bonds is 9. The second-order valence-corrected chi connectivity index (χ2v) is 7.95. The van der Waals surface area contributed by atoms with Gasteiger partial charge in [0.2, 0.25) is 0 Å². The van der Waals surface area contributed by atoms with Gasteiger partial charge in [-0.2, -0.15) is 0 Å². The number of methoxy groups -OCH3 is 1. The summed E-state index contributed by atoms with van der Waals surface area (Å²) in [5.74, 6) is 1.88. The monoisotopic (exact) mass is 456 g/mol. The molecule has 0 unspecified atom stereocenters. The van der Waals surface area contributed by atoms with Gasteiger partial charge in [-0.05, 0) is 65.7 Å². The number of hydrogen-bond acceptors (Lipinski definition) is 5. The van der Waals surface area contributed by atoms with Crippen LogP contribution in [0.1, 0.15) is 28.4 Å². The summed E-state index contributed by atoms with van der Waals surface area (Å²) < 4.78 is 17.0. The molecule has 0 N–H and O–H groups in total. The van der Waals surface area contributed by atoms with E-state index in [4.69, 9.17) is 14.2 Å². The molecule has 1 heterocycles. The van der Waals surface area contributed by atoms with Crippen LogP contribution in [0.25, 0.3) is 10.8 Å². The number of benzene rings is 3. The molecule has 174 valence electrons. The maximum Gasteiger partial charge on any atom is 0.254 e. The van der Waals surface area contributed by atoms with Gasteiger partial charge in [0.25, 0.3) is 5.91 Å². The number of hydrogen-bond donors (Lipinski definition) is 0. The summed E-state index contributed by atoms with van der Waals surface area (Å²) in [6, 6.07) is 21.3. The van der Waals surface area contributed by atoms with E-state index in [1.807, 2.05) is 49.4 Å². The first-order valence-corrected chi connectivity index (χ1v) is 11.2. The molecule has 1 aromatic heterocycles. The maximum absolute atomic E-state index is 13.1. The fourth-order valence-electron chi connectivity index (χ4n) is 3.74. The van der Waals surface area contributed by atoms with Crippen LogP contribution in [0.5, 0.6) is 17.2 Å². The van der Waals surface area contributed by atoms with Crippen molar-refractivity contribution in [2.24, 2.45) is 0 Å². The molecule has 4 aromatic rings. The molecule has 0 aliphatic rings. The Morgan fingerprint density at radius 3 is 2.50 bits per heavy atom. The van der Waals surface area contributed by atoms with E-state index in [9.17, 15) is 4.79 Å². The van der Waals surface area contributed by atoms with Crippen molar-refractivity contribution in [1.82, 2.24) is 9.88 Å². The van der Waals surface area contributed by atoms with Gasteiger partial charge in [-0.1, -0.05) is 24.3 Å². The van der Waals surface area contributed by atoms with E-state index in [1.54, 1.807) is 49.7 Å². The Morgan fingerprint density at radius 1 is 0.912 bits per heavy atom. The Morgan fingerprint density at radius 2 is 1.74 bits per heavy atom. The van der Waals surface area contributed by atoms with Gasteiger partial charge in [0.05, 0.1) is 13.7 Å². The normalized spacial score (nSPS) is 10.7. The smallest absolute Gasteiger partial charge is 0.254 e. The van der Waals surface area contributed by atoms with Crippen molar-refractivity contribution in [1.29, 1.82) is 0 Å². The molecule has 0 saturated carbocycles. The molecule has 0 aliphatic carbocycles. The SMILES string of the molecule is CCOc1cc(C(=O)N(C)Cc2ccc3cc(OC)ccc3c2)ccc1OCc1cccnc1. The predicted octanol–water partition coefficient (Wildman–Crippen LogP) is 5.49. The fourth-order valence-corrected chi connectivity index (χ4v) is 3.74. The molecule has 4 rings (SSSR count). The Kier molecular flexibility index (Phi) is 7.28. The molecule has 34 heavy (non-hydrogen) atoms. The average Bonchev–Trinajstić information content (AvgIpc) is 2.88. The number of carbonyl (C=O) groups excluding carboxylic acids is 1. The molecular weight excluding hydrogens is 428 g/mol. The van der Waals surface area contributed by atoms with Crippen molar-refractivity contribution in [2.45, 2.75) is 20.1 Å². The van der Waals surface area contributed by atoms with Crippen LogP contribution in [0, 0.1) is 0 Å². The highest BCUT2D eigenvalue weighted by atomic mass is 16.5. The molecule has 0 radical (unpaired) electrons. The maximum atomic E-state index is 13.1. The van der Waals surface area contributed by atoms with Gasteiger partial charge >= 0.3 is 0 Å². The van der Waals surface area contributed by atoms with Gasteiger partial charge in [-0.15, -0.1) is 0 Å². The minimum atomic E-state index is -0.0883. The quantitative estimate of drug-likeness (QED) is 0.333. The van der Waals surface area contributed by atoms with Gasteiger partial charge in [-0.25, -0.2) is 0 Å². The summed E-state index contributed by atoms with van der Waals surface area (Å²) in [6.45, 7) is 3.23. The minimum absolute atomic E-state index is 0.0883. The number of fused-ring (bicyclic) bond motifs is 1. The van der Waals surface area contributed by atoms with Crippen molar-refractivity contribution >= 4 is 16.7 Å². The number of aromatic nitrogens is 1. The van der Waals surface area contributed by atoms with E-state index >= 15 is 0 Å². The van der Waals surface area contributed by atoms with Crippen LogP contribution in [0.4, 0.5) is 0 Å². The van der Waals surface area contributed by atoms with Gasteiger partial charge in [0, 0.05) is 37.1 Å². The highest BCUT2D eigenvalue weighted by Gasteiger charge is 2.16. The lowest BCUT2D eigenvalue weighted by Gasteiger charge is -2.19. The van der Waals surface area contributed by atoms with Crippen molar-refractivity contribution in [2.75, 3.05) is 20.8 Å². The zero-order valence-electron chi connectivity index (χ0n) is 19.7. The third-order valence-corrected chi connectivity index (χ3v) is 5.49. The Hall–Kier alpha value is -4.06. The van der Waals surface area contributed by atoms with E-state index in [-0.39, 0.29) is 5.91 Å². The molecule has 0 bridgehead atoms. The third-order valence-electron chi connectivity index (χ3n) is 5.49. The average molecular weight is 457 g/mol. The largest absolute Gasteiger partial charge is 0.497 e. The molecular formula is C28H28N2O4. The zero-order chi connectivity index (χ0) is 23.9. The van der Waals surface area contributed by atoms with Crippen LogP contribution in [-0.4, -0.2) is 36.6 Å². The summed E-state index contributed by atoms with van der Waals surface area (Å²) in [5, 5.41) is 2.20. The first kappa shape index (κ1) is 23.1. The zero-order valence-corrected chi connectivity index (χ0v) is 19.7. The number of carbonyl (C=O) groups is 1. The summed E-state index contributed by atoms with van der Waals surface area (Å²) in [6.07, 6.45) is 3.48. The summed E-state index contributed by atoms with van der Waals surface area (Å²) in [5.41, 5.74) is 2.55. The predicted molar refractivity (Wildman–Crippen MR) is 132 cm³/mol. The van der Waals surface area contributed by atoms with E-state index < -0.39 is 0 Å². The van der Waals surface area contributed by atoms with Crippen molar-refractivity contribution in [3.8, 4) is 17.2 Å². The van der Waals surface area contributed by atoms with Crippen LogP contribution in [0.3, 0.4) is 0 Å². The van der Waals surface area contributed by atoms with Crippen LogP contribution in [-0.2, 0) is 13.2 Å². The second-order valence-electron chi connectivity index (χ2n) is 7.95. The van der Waals surface area contributed by atoms with E-state index in [0.29, 0.717) is 36.8 Å². The first-order chi connectivity index (χ1) is 16.6. The van der Waals surface area contributed by atoms with Gasteiger partial charge in [-0.3, -0.25) is 9.78 Å². The summed E-state index contributed by atoms with van der Waals surface area (Å²) >= 11 is 0. The number of ether oxygens (including phenoxy) is 3. The van der Waals surface area contributed by atoms with Crippen LogP contribution in [0.2, 0.25) is 0 Å². The standard InChI is InChI=1S/C28H28N2O4/c1-4-33-27-16-24(10-12-26(27)34-19-21-6-5-13-29-17-21)28(31)30(2)18-20-7-8-23-15-25(32-3)11-9-22(23)14-20/h5-17H,4,18-19H2,1-3H3. The molecule has 3 aromatic carbocycles. The molecule has 1 amide bonds. The lowest BCUT2D eigenvalue weighted by atomic mass is 10.1. The molecule has 0 spiro atoms. The number of nitrogens with zero attached hydrogens (tertiary/aromatic N) is 2. The van der Waals surface area contributed by atoms with E-state index in [0.717, 1.165) is 27.6 Å². The lowest BCUT2D eigenvalue weighted by Crippen LogP contribution is -2.26. The number of pyridine rings is 1. The van der Waals surface area contributed by atoms with Gasteiger partial charge in [0.15, 0.2) is 11.5 Å². The highest BCUT2D eigenvalue weighted by Crippen LogP contribution is 2.30. The second kappa shape index (κ2) is 10.7. The molecule has 0 aliphatic heterocycles. The van der Waals surface area contributed by atoms with Crippen LogP contribution >= 0.6 is 0 Å². The van der Waals surface area contributed by atoms with E-state index in [2.05, 4.69) is 11.1 Å². The molecule has 6 nitrogen and oxygen atoms in total. The van der Waals surface area contributed by atoms with Crippen LogP contribution < -0.4 is 14.2 Å².